The fraction of sp³-hybridized carbons (Fsp3) is 0.522. The molecule has 7 aromatic rings. The highest BCUT2D eigenvalue weighted by molar-refractivity contribution is 7.48. The summed E-state index contributed by atoms with van der Waals surface area (Å²) in [6.07, 6.45) is 19.7. The zero-order chi connectivity index (χ0) is 78.5. The molecule has 1 fully saturated rings. The predicted molar refractivity (Wildman–Crippen MR) is 438 cm³/mol. The van der Waals surface area contributed by atoms with Gasteiger partial charge in [0.15, 0.2) is 6.10 Å². The van der Waals surface area contributed by atoms with Gasteiger partial charge >= 0.3 is 27.6 Å². The molecule has 612 valence electrons. The molecule has 8 rings (SSSR count). The van der Waals surface area contributed by atoms with Crippen molar-refractivity contribution in [3.05, 3.63) is 251 Å². The summed E-state index contributed by atoms with van der Waals surface area (Å²) in [4.78, 5) is 27.9. The van der Waals surface area contributed by atoms with Gasteiger partial charge in [-0.1, -0.05) is 380 Å². The molecule has 0 spiro atoms. The van der Waals surface area contributed by atoms with E-state index in [1.165, 1.54) is 109 Å². The summed E-state index contributed by atoms with van der Waals surface area (Å²) in [5, 5.41) is 0. The number of carbonyl (C=O) groups is 2. The van der Waals surface area contributed by atoms with Crippen molar-refractivity contribution in [1.82, 2.24) is 0 Å². The number of phosphoric ester groups is 2. The van der Waals surface area contributed by atoms with Crippen LogP contribution in [-0.2, 0) is 130 Å². The fourth-order valence-corrected chi connectivity index (χ4v) is 16.2. The molecule has 0 aromatic heterocycles. The molecule has 0 aliphatic heterocycles. The lowest BCUT2D eigenvalue weighted by molar-refractivity contribution is -0.286. The van der Waals surface area contributed by atoms with E-state index in [-0.39, 0.29) is 59.1 Å². The van der Waals surface area contributed by atoms with E-state index in [0.717, 1.165) is 67.2 Å². The second-order valence-corrected chi connectivity index (χ2v) is 32.3. The Labute approximate surface area is 668 Å². The van der Waals surface area contributed by atoms with Gasteiger partial charge < -0.3 is 37.9 Å². The number of esters is 2. The number of hydrogen-bond acceptors (Lipinski definition) is 18. The Morgan fingerprint density at radius 3 is 0.857 bits per heavy atom. The summed E-state index contributed by atoms with van der Waals surface area (Å²) in [6, 6.07) is 65.5. The second-order valence-electron chi connectivity index (χ2n) is 29.1. The lowest BCUT2D eigenvalue weighted by Crippen LogP contribution is -2.67. The lowest BCUT2D eigenvalue weighted by atomic mass is 9.84. The van der Waals surface area contributed by atoms with Crippen molar-refractivity contribution < 1.29 is 83.8 Å². The summed E-state index contributed by atoms with van der Waals surface area (Å²) in [5.41, 5.74) is 5.11. The maximum absolute atomic E-state index is 16.7. The standard InChI is InChI=1S/C92H126O18P2/c1-3-5-7-9-11-13-15-17-19-21-23-25-48-64-85(93)99-73-84(108-86(94)65-49-26-24-22-20-18-16-14-12-10-8-6-4-2)74-107-112(96,106-72-83-62-46-33-47-63-83)110-92-89(102-75-97-66-77-50-34-27-35-51-77)87(100-68-79-54-38-29-39-55-79)91(109-111(95,104-70-81-58-42-31-43-59-81)105-71-82-60-44-32-45-61-82)88(101-69-80-56-40-30-41-57-80)90(92)103-76-98-67-78-52-36-28-37-53-78/h27-47,50-63,84,87-92H,3-26,48-49,64-76H2,1-2H3/t84-,87-,88+,89+,90+,91?,92?,112?/m0/s1. The Morgan fingerprint density at radius 1 is 0.286 bits per heavy atom. The van der Waals surface area contributed by atoms with E-state index >= 15 is 9.13 Å². The molecule has 0 bridgehead atoms. The van der Waals surface area contributed by atoms with Crippen molar-refractivity contribution >= 4 is 27.6 Å². The van der Waals surface area contributed by atoms with E-state index in [1.54, 1.807) is 12.1 Å². The van der Waals surface area contributed by atoms with Crippen molar-refractivity contribution in [3.8, 4) is 0 Å². The quantitative estimate of drug-likeness (QED) is 0.0151. The zero-order valence-corrected chi connectivity index (χ0v) is 68.4. The molecule has 0 heterocycles. The van der Waals surface area contributed by atoms with Gasteiger partial charge in [0.2, 0.25) is 0 Å². The molecule has 0 saturated heterocycles. The average molecular weight is 1580 g/mol. The molecule has 0 N–H and O–H groups in total. The molecule has 1 saturated carbocycles. The van der Waals surface area contributed by atoms with Crippen molar-refractivity contribution in [3.63, 3.8) is 0 Å². The van der Waals surface area contributed by atoms with E-state index in [1.807, 2.05) is 200 Å². The van der Waals surface area contributed by atoms with E-state index < -0.39 is 97.1 Å². The van der Waals surface area contributed by atoms with Crippen molar-refractivity contribution in [2.45, 2.75) is 283 Å². The Bertz CT molecular complexity index is 3460. The summed E-state index contributed by atoms with van der Waals surface area (Å²) in [7, 11) is -9.96. The van der Waals surface area contributed by atoms with Crippen LogP contribution in [0.25, 0.3) is 0 Å². The molecular formula is C92H126O18P2. The SMILES string of the molecule is CCCCCCCCCCCCCCCC(=O)OC[C@@H](COP(=O)(OCc1ccccc1)OC1[C@H](OCOCc2ccccc2)[C@H](OCc2ccccc2)C(OP(=O)(OCc2ccccc2)OCc2ccccc2)[C@H](OCc2ccccc2)[C@H]1OCOCc1ccccc1)OC(=O)CCCCCCCCCCCCCCC. The highest BCUT2D eigenvalue weighted by Crippen LogP contribution is 2.57. The van der Waals surface area contributed by atoms with Crippen LogP contribution in [0, 0.1) is 0 Å². The third-order valence-electron chi connectivity index (χ3n) is 19.7. The van der Waals surface area contributed by atoms with Crippen molar-refractivity contribution in [2.24, 2.45) is 0 Å². The normalized spacial score (nSPS) is 17.2. The average Bonchev–Trinajstić information content (AvgIpc) is 0.751. The van der Waals surface area contributed by atoms with Crippen LogP contribution in [0.1, 0.15) is 233 Å². The molecule has 112 heavy (non-hydrogen) atoms. The van der Waals surface area contributed by atoms with E-state index in [0.29, 0.717) is 29.5 Å². The van der Waals surface area contributed by atoms with Crippen LogP contribution in [-0.4, -0.2) is 81.5 Å². The number of hydrogen-bond donors (Lipinski definition) is 0. The van der Waals surface area contributed by atoms with Gasteiger partial charge in [-0.15, -0.1) is 0 Å². The van der Waals surface area contributed by atoms with Crippen LogP contribution in [0.5, 0.6) is 0 Å². The molecule has 20 heteroatoms. The van der Waals surface area contributed by atoms with Crippen LogP contribution in [0.15, 0.2) is 212 Å². The maximum atomic E-state index is 16.7. The van der Waals surface area contributed by atoms with Crippen LogP contribution in [0.3, 0.4) is 0 Å². The minimum Gasteiger partial charge on any atom is -0.462 e. The van der Waals surface area contributed by atoms with E-state index in [2.05, 4.69) is 13.8 Å². The summed E-state index contributed by atoms with van der Waals surface area (Å²) < 4.78 is 126. The van der Waals surface area contributed by atoms with E-state index in [9.17, 15) is 9.59 Å². The molecule has 7 aromatic carbocycles. The van der Waals surface area contributed by atoms with Gasteiger partial charge in [0, 0.05) is 12.8 Å². The Morgan fingerprint density at radius 2 is 0.545 bits per heavy atom. The van der Waals surface area contributed by atoms with Gasteiger partial charge in [-0.2, -0.15) is 0 Å². The van der Waals surface area contributed by atoms with Crippen LogP contribution < -0.4 is 0 Å². The van der Waals surface area contributed by atoms with Crippen LogP contribution >= 0.6 is 15.6 Å². The van der Waals surface area contributed by atoms with Crippen molar-refractivity contribution in [2.75, 3.05) is 26.8 Å². The summed E-state index contributed by atoms with van der Waals surface area (Å²) in [6.45, 7) is 1.88. The number of rotatable bonds is 63. The lowest BCUT2D eigenvalue weighted by Gasteiger charge is -2.49. The predicted octanol–water partition coefficient (Wildman–Crippen LogP) is 23.4. The summed E-state index contributed by atoms with van der Waals surface area (Å²) >= 11 is 0. The fourth-order valence-electron chi connectivity index (χ4n) is 13.4. The van der Waals surface area contributed by atoms with Crippen LogP contribution in [0.4, 0.5) is 0 Å². The first-order valence-corrected chi connectivity index (χ1v) is 44.4. The Balaban J connectivity index is 1.14. The molecule has 3 unspecified atom stereocenters. The van der Waals surface area contributed by atoms with Crippen LogP contribution in [0.2, 0.25) is 0 Å². The van der Waals surface area contributed by atoms with Gasteiger partial charge in [0.1, 0.15) is 56.8 Å². The van der Waals surface area contributed by atoms with Gasteiger partial charge in [0.25, 0.3) is 0 Å². The molecule has 18 nitrogen and oxygen atoms in total. The minimum atomic E-state index is -5.13. The third-order valence-corrected chi connectivity index (χ3v) is 22.5. The molecule has 0 amide bonds. The van der Waals surface area contributed by atoms with Gasteiger partial charge in [-0.05, 0) is 51.8 Å². The first kappa shape index (κ1) is 91.0. The first-order valence-electron chi connectivity index (χ1n) is 41.5. The molecular weight excluding hydrogens is 1450 g/mol. The molecule has 1 aliphatic rings. The second kappa shape index (κ2) is 55.9. The minimum absolute atomic E-state index is 0.0942. The zero-order valence-electron chi connectivity index (χ0n) is 66.6. The number of carbonyl (C=O) groups excluding carboxylic acids is 2. The Kier molecular flexibility index (Phi) is 45.4. The van der Waals surface area contributed by atoms with Gasteiger partial charge in [-0.25, -0.2) is 9.13 Å². The maximum Gasteiger partial charge on any atom is 0.475 e. The Hall–Kier alpha value is -6.54. The first-order chi connectivity index (χ1) is 55.1. The number of benzene rings is 7. The number of ether oxygens (including phenoxy) is 8. The van der Waals surface area contributed by atoms with Crippen molar-refractivity contribution in [1.29, 1.82) is 0 Å². The molecule has 8 atom stereocenters. The highest BCUT2D eigenvalue weighted by atomic mass is 31.2. The largest absolute Gasteiger partial charge is 0.475 e. The highest BCUT2D eigenvalue weighted by Gasteiger charge is 2.59. The summed E-state index contributed by atoms with van der Waals surface area (Å²) in [5.74, 6) is -1.00. The van der Waals surface area contributed by atoms with Gasteiger partial charge in [-0.3, -0.25) is 36.7 Å². The molecule has 0 radical (unpaired) electrons. The third kappa shape index (κ3) is 37.4. The monoisotopic (exact) mass is 1580 g/mol. The molecule has 1 aliphatic carbocycles. The number of unbranched alkanes of at least 4 members (excludes halogenated alkanes) is 24. The number of phosphoric acid groups is 2. The topological polar surface area (TPSA) is 197 Å². The smallest absolute Gasteiger partial charge is 0.462 e. The van der Waals surface area contributed by atoms with Gasteiger partial charge in [0.05, 0.1) is 52.9 Å². The van der Waals surface area contributed by atoms with E-state index in [4.69, 9.17) is 65.0 Å².